The Morgan fingerprint density at radius 2 is 1.50 bits per heavy atom. The van der Waals surface area contributed by atoms with Gasteiger partial charge in [0.05, 0.1) is 10.5 Å². The van der Waals surface area contributed by atoms with E-state index in [0.29, 0.717) is 22.2 Å². The monoisotopic (exact) mass is 464 g/mol. The van der Waals surface area contributed by atoms with Gasteiger partial charge in [-0.15, -0.1) is 0 Å². The second-order valence-corrected chi connectivity index (χ2v) is 8.87. The Morgan fingerprint density at radius 3 is 2.19 bits per heavy atom. The molecule has 7 nitrogen and oxygen atoms in total. The molecule has 160 valence electrons. The maximum atomic E-state index is 12.7. The van der Waals surface area contributed by atoms with Crippen LogP contribution in [0.5, 0.6) is 0 Å². The molecule has 1 heterocycles. The van der Waals surface area contributed by atoms with Crippen LogP contribution in [0.25, 0.3) is 11.4 Å². The van der Waals surface area contributed by atoms with Crippen LogP contribution in [0.4, 0.5) is 11.4 Å². The highest BCUT2D eigenvalue weighted by Crippen LogP contribution is 2.21. The average molecular weight is 465 g/mol. The van der Waals surface area contributed by atoms with Crippen molar-refractivity contribution in [3.8, 4) is 11.4 Å². The van der Waals surface area contributed by atoms with Crippen molar-refractivity contribution in [1.82, 2.24) is 9.97 Å². The first-order chi connectivity index (χ1) is 15.4. The van der Waals surface area contributed by atoms with Crippen LogP contribution in [0, 0.1) is 0 Å². The van der Waals surface area contributed by atoms with Gasteiger partial charge in [0.1, 0.15) is 0 Å². The molecule has 0 spiro atoms. The SMILES string of the molecule is O=C(Nc1cccc(S(=O)(=O)Nc2ccc(Cl)cc2)c1)c1cnc(-c2ccccc2)nc1. The van der Waals surface area contributed by atoms with Gasteiger partial charge in [-0.1, -0.05) is 48.0 Å². The molecule has 0 aliphatic rings. The van der Waals surface area contributed by atoms with E-state index in [9.17, 15) is 13.2 Å². The van der Waals surface area contributed by atoms with Gasteiger partial charge in [-0.2, -0.15) is 0 Å². The van der Waals surface area contributed by atoms with E-state index in [0.717, 1.165) is 5.56 Å². The van der Waals surface area contributed by atoms with Crippen molar-refractivity contribution >= 4 is 38.9 Å². The van der Waals surface area contributed by atoms with E-state index in [2.05, 4.69) is 20.0 Å². The zero-order valence-electron chi connectivity index (χ0n) is 16.6. The minimum absolute atomic E-state index is 0.000857. The van der Waals surface area contributed by atoms with E-state index in [4.69, 9.17) is 11.6 Å². The van der Waals surface area contributed by atoms with Crippen LogP contribution in [-0.2, 0) is 10.0 Å². The van der Waals surface area contributed by atoms with Crippen molar-refractivity contribution in [3.05, 3.63) is 102 Å². The summed E-state index contributed by atoms with van der Waals surface area (Å²) in [6.45, 7) is 0. The summed E-state index contributed by atoms with van der Waals surface area (Å²) in [5.41, 5.74) is 1.78. The molecule has 2 N–H and O–H groups in total. The summed E-state index contributed by atoms with van der Waals surface area (Å²) < 4.78 is 27.9. The lowest BCUT2D eigenvalue weighted by molar-refractivity contribution is 0.102. The van der Waals surface area contributed by atoms with Gasteiger partial charge < -0.3 is 5.32 Å². The number of anilines is 2. The van der Waals surface area contributed by atoms with Crippen LogP contribution in [0.1, 0.15) is 10.4 Å². The van der Waals surface area contributed by atoms with Gasteiger partial charge in [0, 0.05) is 34.4 Å². The fourth-order valence-electron chi connectivity index (χ4n) is 2.86. The smallest absolute Gasteiger partial charge is 0.261 e. The predicted octanol–water partition coefficient (Wildman–Crippen LogP) is 4.85. The number of rotatable bonds is 6. The summed E-state index contributed by atoms with van der Waals surface area (Å²) in [6, 6.07) is 21.6. The molecule has 1 aromatic heterocycles. The van der Waals surface area contributed by atoms with E-state index in [1.54, 1.807) is 36.4 Å². The van der Waals surface area contributed by atoms with E-state index in [1.165, 1.54) is 24.5 Å². The Kier molecular flexibility index (Phi) is 6.16. The molecule has 0 fully saturated rings. The molecule has 0 bridgehead atoms. The van der Waals surface area contributed by atoms with Crippen LogP contribution in [0.2, 0.25) is 5.02 Å². The summed E-state index contributed by atoms with van der Waals surface area (Å²) in [7, 11) is -3.85. The van der Waals surface area contributed by atoms with Gasteiger partial charge in [0.15, 0.2) is 5.82 Å². The molecule has 0 saturated carbocycles. The Balaban J connectivity index is 1.48. The van der Waals surface area contributed by atoms with Crippen LogP contribution >= 0.6 is 11.6 Å². The number of hydrogen-bond acceptors (Lipinski definition) is 5. The summed E-state index contributed by atoms with van der Waals surface area (Å²) in [5.74, 6) is 0.0494. The lowest BCUT2D eigenvalue weighted by Crippen LogP contribution is -2.15. The first-order valence-corrected chi connectivity index (χ1v) is 11.3. The molecule has 0 aliphatic carbocycles. The molecule has 3 aromatic carbocycles. The van der Waals surface area contributed by atoms with Gasteiger partial charge in [0.2, 0.25) is 0 Å². The Morgan fingerprint density at radius 1 is 0.812 bits per heavy atom. The molecule has 0 aliphatic heterocycles. The van der Waals surface area contributed by atoms with Gasteiger partial charge in [-0.25, -0.2) is 18.4 Å². The standard InChI is InChI=1S/C23H17ClN4O3S/c24-18-9-11-19(12-10-18)28-32(30,31)21-8-4-7-20(13-21)27-23(29)17-14-25-22(26-15-17)16-5-2-1-3-6-16/h1-15,28H,(H,27,29). The number of amides is 1. The third-order valence-electron chi connectivity index (χ3n) is 4.44. The van der Waals surface area contributed by atoms with Crippen molar-refractivity contribution in [2.75, 3.05) is 10.0 Å². The summed E-state index contributed by atoms with van der Waals surface area (Å²) in [4.78, 5) is 21.0. The minimum Gasteiger partial charge on any atom is -0.322 e. The quantitative estimate of drug-likeness (QED) is 0.424. The number of sulfonamides is 1. The minimum atomic E-state index is -3.85. The Hall–Kier alpha value is -3.75. The molecule has 32 heavy (non-hydrogen) atoms. The van der Waals surface area contributed by atoms with Gasteiger partial charge >= 0.3 is 0 Å². The zero-order valence-corrected chi connectivity index (χ0v) is 18.1. The highest BCUT2D eigenvalue weighted by molar-refractivity contribution is 7.92. The first kappa shape index (κ1) is 21.5. The number of nitrogens with one attached hydrogen (secondary N) is 2. The highest BCUT2D eigenvalue weighted by atomic mass is 35.5. The summed E-state index contributed by atoms with van der Waals surface area (Å²) in [5, 5.41) is 3.17. The number of hydrogen-bond donors (Lipinski definition) is 2. The molecule has 9 heteroatoms. The largest absolute Gasteiger partial charge is 0.322 e. The molecule has 4 rings (SSSR count). The van der Waals surface area contributed by atoms with E-state index in [1.807, 2.05) is 30.3 Å². The third-order valence-corrected chi connectivity index (χ3v) is 6.08. The highest BCUT2D eigenvalue weighted by Gasteiger charge is 2.16. The molecule has 0 radical (unpaired) electrons. The molecule has 0 atom stereocenters. The van der Waals surface area contributed by atoms with Crippen molar-refractivity contribution in [3.63, 3.8) is 0 Å². The number of halogens is 1. The average Bonchev–Trinajstić information content (AvgIpc) is 2.81. The third kappa shape index (κ3) is 5.11. The number of benzene rings is 3. The maximum absolute atomic E-state index is 12.7. The second-order valence-electron chi connectivity index (χ2n) is 6.76. The second kappa shape index (κ2) is 9.17. The topological polar surface area (TPSA) is 101 Å². The lowest BCUT2D eigenvalue weighted by atomic mass is 10.2. The Bertz CT molecular complexity index is 1340. The fourth-order valence-corrected chi connectivity index (χ4v) is 4.09. The van der Waals surface area contributed by atoms with Crippen LogP contribution in [0.3, 0.4) is 0 Å². The van der Waals surface area contributed by atoms with Crippen molar-refractivity contribution in [2.45, 2.75) is 4.90 Å². The van der Waals surface area contributed by atoms with Gasteiger partial charge in [-0.3, -0.25) is 9.52 Å². The number of nitrogens with zero attached hydrogens (tertiary/aromatic N) is 2. The van der Waals surface area contributed by atoms with Crippen molar-refractivity contribution in [2.24, 2.45) is 0 Å². The van der Waals surface area contributed by atoms with Crippen molar-refractivity contribution in [1.29, 1.82) is 0 Å². The van der Waals surface area contributed by atoms with E-state index >= 15 is 0 Å². The molecular weight excluding hydrogens is 448 g/mol. The van der Waals surface area contributed by atoms with Crippen LogP contribution < -0.4 is 10.0 Å². The van der Waals surface area contributed by atoms with E-state index in [-0.39, 0.29) is 10.5 Å². The molecule has 4 aromatic rings. The maximum Gasteiger partial charge on any atom is 0.261 e. The fraction of sp³-hybridized carbons (Fsp3) is 0. The van der Waals surface area contributed by atoms with Gasteiger partial charge in [-0.05, 0) is 42.5 Å². The number of aromatic nitrogens is 2. The van der Waals surface area contributed by atoms with Crippen LogP contribution in [-0.4, -0.2) is 24.3 Å². The van der Waals surface area contributed by atoms with Crippen molar-refractivity contribution < 1.29 is 13.2 Å². The summed E-state index contributed by atoms with van der Waals surface area (Å²) >= 11 is 5.83. The molecular formula is C23H17ClN4O3S. The zero-order chi connectivity index (χ0) is 22.6. The van der Waals surface area contributed by atoms with Crippen LogP contribution in [0.15, 0.2) is 96.2 Å². The Labute approximate surface area is 190 Å². The van der Waals surface area contributed by atoms with E-state index < -0.39 is 15.9 Å². The predicted molar refractivity (Wildman–Crippen MR) is 124 cm³/mol. The first-order valence-electron chi connectivity index (χ1n) is 9.48. The number of carbonyl (C=O) groups is 1. The molecule has 0 unspecified atom stereocenters. The normalized spacial score (nSPS) is 11.0. The summed E-state index contributed by atoms with van der Waals surface area (Å²) in [6.07, 6.45) is 2.85. The lowest BCUT2D eigenvalue weighted by Gasteiger charge is -2.10. The van der Waals surface area contributed by atoms with Gasteiger partial charge in [0.25, 0.3) is 15.9 Å². The number of carbonyl (C=O) groups excluding carboxylic acids is 1. The molecule has 1 amide bonds. The molecule has 0 saturated heterocycles.